The summed E-state index contributed by atoms with van der Waals surface area (Å²) < 4.78 is 40.2. The summed E-state index contributed by atoms with van der Waals surface area (Å²) >= 11 is 5.81. The summed E-state index contributed by atoms with van der Waals surface area (Å²) in [6, 6.07) is 4.01. The van der Waals surface area contributed by atoms with Gasteiger partial charge in [-0.05, 0) is 43.2 Å². The van der Waals surface area contributed by atoms with Crippen molar-refractivity contribution in [1.82, 2.24) is 0 Å². The molecule has 0 saturated carbocycles. The Hall–Kier alpha value is -1.81. The standard InChI is InChI=1S/C15H10ClF3O/c1-7-3-9(11(16)5-12(7)17)15(20)10-4-8(2)13(18)6-14(10)19/h3-6H,1-2H3. The molecular formula is C15H10ClF3O. The Bertz CT molecular complexity index is 651. The second kappa shape index (κ2) is 5.29. The normalized spacial score (nSPS) is 10.7. The van der Waals surface area contributed by atoms with E-state index in [4.69, 9.17) is 11.6 Å². The number of carbonyl (C=O) groups excluding carboxylic acids is 1. The summed E-state index contributed by atoms with van der Waals surface area (Å²) in [6.45, 7) is 2.89. The number of benzene rings is 2. The molecule has 0 spiro atoms. The van der Waals surface area contributed by atoms with Gasteiger partial charge in [-0.2, -0.15) is 0 Å². The third-order valence-electron chi connectivity index (χ3n) is 2.99. The van der Waals surface area contributed by atoms with Crippen molar-refractivity contribution in [2.24, 2.45) is 0 Å². The van der Waals surface area contributed by atoms with E-state index in [1.54, 1.807) is 0 Å². The number of rotatable bonds is 2. The second-order valence-corrected chi connectivity index (χ2v) is 4.90. The van der Waals surface area contributed by atoms with Crippen LogP contribution in [0.1, 0.15) is 27.0 Å². The summed E-state index contributed by atoms with van der Waals surface area (Å²) in [4.78, 5) is 12.2. The number of carbonyl (C=O) groups is 1. The third-order valence-corrected chi connectivity index (χ3v) is 3.30. The highest BCUT2D eigenvalue weighted by atomic mass is 35.5. The SMILES string of the molecule is Cc1cc(C(=O)c2cc(C)c(F)cc2Cl)c(F)cc1F. The van der Waals surface area contributed by atoms with Gasteiger partial charge in [0.2, 0.25) is 0 Å². The molecule has 0 saturated heterocycles. The predicted octanol–water partition coefficient (Wildman–Crippen LogP) is 4.61. The summed E-state index contributed by atoms with van der Waals surface area (Å²) in [5, 5.41) is -0.112. The van der Waals surface area contributed by atoms with Crippen molar-refractivity contribution in [3.05, 3.63) is 69.0 Å². The molecule has 0 aliphatic rings. The van der Waals surface area contributed by atoms with E-state index in [0.717, 1.165) is 12.1 Å². The van der Waals surface area contributed by atoms with Gasteiger partial charge in [0.1, 0.15) is 17.5 Å². The molecule has 0 atom stereocenters. The fourth-order valence-corrected chi connectivity index (χ4v) is 2.04. The second-order valence-electron chi connectivity index (χ2n) is 4.49. The van der Waals surface area contributed by atoms with Crippen molar-refractivity contribution in [3.63, 3.8) is 0 Å². The van der Waals surface area contributed by atoms with Gasteiger partial charge in [-0.3, -0.25) is 4.79 Å². The first-order valence-corrected chi connectivity index (χ1v) is 6.15. The van der Waals surface area contributed by atoms with E-state index in [2.05, 4.69) is 0 Å². The first kappa shape index (κ1) is 14.6. The lowest BCUT2D eigenvalue weighted by Crippen LogP contribution is -2.07. The molecule has 0 radical (unpaired) electrons. The van der Waals surface area contributed by atoms with Gasteiger partial charge in [-0.25, -0.2) is 13.2 Å². The maximum atomic E-state index is 13.7. The average Bonchev–Trinajstić information content (AvgIpc) is 2.37. The minimum absolute atomic E-state index is 0.0181. The van der Waals surface area contributed by atoms with Crippen molar-refractivity contribution in [2.45, 2.75) is 13.8 Å². The van der Waals surface area contributed by atoms with Crippen molar-refractivity contribution in [3.8, 4) is 0 Å². The number of hydrogen-bond donors (Lipinski definition) is 0. The van der Waals surface area contributed by atoms with Gasteiger partial charge in [0.25, 0.3) is 0 Å². The molecule has 2 aromatic rings. The molecule has 0 N–H and O–H groups in total. The van der Waals surface area contributed by atoms with E-state index in [1.807, 2.05) is 0 Å². The van der Waals surface area contributed by atoms with Crippen molar-refractivity contribution < 1.29 is 18.0 Å². The Kier molecular flexibility index (Phi) is 3.86. The number of halogens is 4. The lowest BCUT2D eigenvalue weighted by molar-refractivity contribution is 0.103. The zero-order chi connectivity index (χ0) is 15.0. The van der Waals surface area contributed by atoms with Gasteiger partial charge in [-0.1, -0.05) is 11.6 Å². The molecule has 1 nitrogen and oxygen atoms in total. The van der Waals surface area contributed by atoms with E-state index in [-0.39, 0.29) is 27.3 Å². The maximum absolute atomic E-state index is 13.7. The monoisotopic (exact) mass is 298 g/mol. The highest BCUT2D eigenvalue weighted by Crippen LogP contribution is 2.25. The number of aryl methyl sites for hydroxylation is 2. The van der Waals surface area contributed by atoms with Gasteiger partial charge in [0.15, 0.2) is 5.78 Å². The van der Waals surface area contributed by atoms with Crippen LogP contribution in [0.5, 0.6) is 0 Å². The minimum atomic E-state index is -0.976. The van der Waals surface area contributed by atoms with Crippen molar-refractivity contribution >= 4 is 17.4 Å². The Morgan fingerprint density at radius 1 is 0.850 bits per heavy atom. The molecule has 5 heteroatoms. The van der Waals surface area contributed by atoms with Gasteiger partial charge in [0.05, 0.1) is 10.6 Å². The van der Waals surface area contributed by atoms with Crippen LogP contribution in [-0.4, -0.2) is 5.78 Å². The van der Waals surface area contributed by atoms with Crippen LogP contribution in [0.15, 0.2) is 24.3 Å². The topological polar surface area (TPSA) is 17.1 Å². The van der Waals surface area contributed by atoms with Crippen LogP contribution < -0.4 is 0 Å². The molecular weight excluding hydrogens is 289 g/mol. The summed E-state index contributed by atoms with van der Waals surface area (Å²) in [7, 11) is 0. The highest BCUT2D eigenvalue weighted by Gasteiger charge is 2.20. The van der Waals surface area contributed by atoms with E-state index in [1.165, 1.54) is 19.9 Å². The van der Waals surface area contributed by atoms with Crippen molar-refractivity contribution in [1.29, 1.82) is 0 Å². The molecule has 2 aromatic carbocycles. The predicted molar refractivity (Wildman–Crippen MR) is 70.7 cm³/mol. The zero-order valence-electron chi connectivity index (χ0n) is 10.7. The zero-order valence-corrected chi connectivity index (χ0v) is 11.5. The first-order valence-electron chi connectivity index (χ1n) is 5.77. The lowest BCUT2D eigenvalue weighted by atomic mass is 9.99. The van der Waals surface area contributed by atoms with Gasteiger partial charge >= 0.3 is 0 Å². The molecule has 2 rings (SSSR count). The van der Waals surface area contributed by atoms with Gasteiger partial charge in [0, 0.05) is 11.6 Å². The third kappa shape index (κ3) is 2.56. The average molecular weight is 299 g/mol. The Morgan fingerprint density at radius 3 is 1.95 bits per heavy atom. The highest BCUT2D eigenvalue weighted by molar-refractivity contribution is 6.35. The largest absolute Gasteiger partial charge is 0.288 e. The molecule has 0 bridgehead atoms. The molecule has 0 unspecified atom stereocenters. The van der Waals surface area contributed by atoms with Crippen LogP contribution in [0.4, 0.5) is 13.2 Å². The van der Waals surface area contributed by atoms with E-state index in [0.29, 0.717) is 6.07 Å². The number of hydrogen-bond acceptors (Lipinski definition) is 1. The minimum Gasteiger partial charge on any atom is -0.288 e. The van der Waals surface area contributed by atoms with Crippen LogP contribution in [0.2, 0.25) is 5.02 Å². The quantitative estimate of drug-likeness (QED) is 0.740. The Morgan fingerprint density at radius 2 is 1.35 bits per heavy atom. The molecule has 20 heavy (non-hydrogen) atoms. The van der Waals surface area contributed by atoms with Crippen LogP contribution >= 0.6 is 11.6 Å². The van der Waals surface area contributed by atoms with E-state index < -0.39 is 23.2 Å². The Labute approximate surface area is 119 Å². The van der Waals surface area contributed by atoms with E-state index >= 15 is 0 Å². The molecule has 0 heterocycles. The van der Waals surface area contributed by atoms with Crippen LogP contribution in [-0.2, 0) is 0 Å². The van der Waals surface area contributed by atoms with Crippen LogP contribution in [0.25, 0.3) is 0 Å². The fraction of sp³-hybridized carbons (Fsp3) is 0.133. The molecule has 0 aliphatic carbocycles. The summed E-state index contributed by atoms with van der Waals surface area (Å²) in [5.41, 5.74) is 0.0500. The lowest BCUT2D eigenvalue weighted by Gasteiger charge is -2.08. The number of ketones is 1. The first-order chi connectivity index (χ1) is 9.31. The summed E-state index contributed by atoms with van der Waals surface area (Å²) in [5.74, 6) is -2.97. The maximum Gasteiger partial charge on any atom is 0.197 e. The molecule has 0 fully saturated rings. The van der Waals surface area contributed by atoms with Crippen LogP contribution in [0, 0.1) is 31.3 Å². The molecule has 0 aromatic heterocycles. The molecule has 0 aliphatic heterocycles. The molecule has 0 amide bonds. The summed E-state index contributed by atoms with van der Waals surface area (Å²) in [6.07, 6.45) is 0. The Balaban J connectivity index is 2.57. The fourth-order valence-electron chi connectivity index (χ4n) is 1.81. The van der Waals surface area contributed by atoms with E-state index in [9.17, 15) is 18.0 Å². The van der Waals surface area contributed by atoms with Gasteiger partial charge in [-0.15, -0.1) is 0 Å². The van der Waals surface area contributed by atoms with Crippen LogP contribution in [0.3, 0.4) is 0 Å². The smallest absolute Gasteiger partial charge is 0.197 e. The van der Waals surface area contributed by atoms with Crippen molar-refractivity contribution in [2.75, 3.05) is 0 Å². The molecule has 104 valence electrons. The van der Waals surface area contributed by atoms with Gasteiger partial charge < -0.3 is 0 Å².